The van der Waals surface area contributed by atoms with Crippen molar-refractivity contribution in [3.8, 4) is 0 Å². The Morgan fingerprint density at radius 2 is 2.11 bits per heavy atom. The second-order valence-corrected chi connectivity index (χ2v) is 6.83. The number of nitrogens with zero attached hydrogens (tertiary/aromatic N) is 1. The summed E-state index contributed by atoms with van der Waals surface area (Å²) in [7, 11) is -3.92. The quantitative estimate of drug-likeness (QED) is 0.674. The van der Waals surface area contributed by atoms with E-state index < -0.39 is 20.7 Å². The summed E-state index contributed by atoms with van der Waals surface area (Å²) in [6, 6.07) is 2.29. The van der Waals surface area contributed by atoms with Gasteiger partial charge in [-0.1, -0.05) is 23.3 Å². The van der Waals surface area contributed by atoms with Gasteiger partial charge < -0.3 is 5.73 Å². The van der Waals surface area contributed by atoms with Crippen LogP contribution in [0.5, 0.6) is 0 Å². The number of benzene rings is 1. The van der Waals surface area contributed by atoms with Gasteiger partial charge in [0.2, 0.25) is 10.0 Å². The van der Waals surface area contributed by atoms with Crippen LogP contribution in [0.1, 0.15) is 13.3 Å². The van der Waals surface area contributed by atoms with Gasteiger partial charge in [0.15, 0.2) is 5.82 Å². The lowest BCUT2D eigenvalue weighted by molar-refractivity contribution is 0.424. The number of halogens is 2. The Bertz CT molecular complexity index is 643. The summed E-state index contributed by atoms with van der Waals surface area (Å²) < 4.78 is 40.0. The molecule has 2 rings (SSSR count). The number of anilines is 1. The third-order valence-electron chi connectivity index (χ3n) is 2.95. The van der Waals surface area contributed by atoms with E-state index in [4.69, 9.17) is 17.3 Å². The predicted molar refractivity (Wildman–Crippen MR) is 73.0 cm³/mol. The standard InChI is InChI=1S/C12H14ClFN2O2S/c1-8-3-2-4-16(7-8)19(17,18)11-6-9(13)5-10(15)12(11)14/h3,5-6H,2,4,7,15H2,1H3. The molecule has 0 fully saturated rings. The van der Waals surface area contributed by atoms with Gasteiger partial charge in [0.1, 0.15) is 4.90 Å². The van der Waals surface area contributed by atoms with Gasteiger partial charge in [-0.15, -0.1) is 0 Å². The first-order chi connectivity index (χ1) is 8.82. The molecule has 0 aliphatic carbocycles. The number of sulfonamides is 1. The van der Waals surface area contributed by atoms with Gasteiger partial charge in [0.05, 0.1) is 5.69 Å². The highest BCUT2D eigenvalue weighted by Crippen LogP contribution is 2.28. The minimum absolute atomic E-state index is 0.0988. The first kappa shape index (κ1) is 14.3. The molecule has 1 aliphatic rings. The van der Waals surface area contributed by atoms with Gasteiger partial charge in [-0.05, 0) is 25.5 Å². The summed E-state index contributed by atoms with van der Waals surface area (Å²) in [5, 5.41) is 0.0988. The molecule has 1 heterocycles. The molecule has 7 heteroatoms. The molecular formula is C12H14ClFN2O2S. The number of nitrogen functional groups attached to an aromatic ring is 1. The van der Waals surface area contributed by atoms with Crippen molar-refractivity contribution in [1.29, 1.82) is 0 Å². The summed E-state index contributed by atoms with van der Waals surface area (Å²) >= 11 is 5.75. The molecule has 0 amide bonds. The molecule has 4 nitrogen and oxygen atoms in total. The molecule has 1 aliphatic heterocycles. The van der Waals surface area contributed by atoms with Gasteiger partial charge in [-0.25, -0.2) is 12.8 Å². The highest BCUT2D eigenvalue weighted by atomic mass is 35.5. The van der Waals surface area contributed by atoms with E-state index in [1.165, 1.54) is 10.4 Å². The molecule has 0 aromatic heterocycles. The SMILES string of the molecule is CC1=CCCN(S(=O)(=O)c2cc(Cl)cc(N)c2F)C1. The van der Waals surface area contributed by atoms with Crippen molar-refractivity contribution in [1.82, 2.24) is 4.31 Å². The molecule has 0 saturated carbocycles. The van der Waals surface area contributed by atoms with E-state index in [1.54, 1.807) is 0 Å². The molecule has 19 heavy (non-hydrogen) atoms. The van der Waals surface area contributed by atoms with Crippen LogP contribution in [0.25, 0.3) is 0 Å². The summed E-state index contributed by atoms with van der Waals surface area (Å²) in [5.74, 6) is -0.948. The highest BCUT2D eigenvalue weighted by molar-refractivity contribution is 7.89. The summed E-state index contributed by atoms with van der Waals surface area (Å²) in [4.78, 5) is -0.466. The van der Waals surface area contributed by atoms with Crippen LogP contribution in [0.3, 0.4) is 0 Å². The number of hydrogen-bond acceptors (Lipinski definition) is 3. The van der Waals surface area contributed by atoms with Crippen molar-refractivity contribution in [2.45, 2.75) is 18.2 Å². The first-order valence-electron chi connectivity index (χ1n) is 5.72. The van der Waals surface area contributed by atoms with Crippen LogP contribution in [0.2, 0.25) is 5.02 Å². The minimum atomic E-state index is -3.92. The van der Waals surface area contributed by atoms with Gasteiger partial charge in [-0.2, -0.15) is 4.31 Å². The smallest absolute Gasteiger partial charge is 0.246 e. The van der Waals surface area contributed by atoms with Crippen molar-refractivity contribution in [2.75, 3.05) is 18.8 Å². The molecule has 0 saturated heterocycles. The summed E-state index contributed by atoms with van der Waals surface area (Å²) in [6.07, 6.45) is 2.58. The Hall–Kier alpha value is -1.11. The molecule has 0 unspecified atom stereocenters. The van der Waals surface area contributed by atoms with Crippen molar-refractivity contribution < 1.29 is 12.8 Å². The first-order valence-corrected chi connectivity index (χ1v) is 7.54. The van der Waals surface area contributed by atoms with Crippen LogP contribution in [-0.2, 0) is 10.0 Å². The third kappa shape index (κ3) is 2.75. The average Bonchev–Trinajstić information content (AvgIpc) is 2.33. The predicted octanol–water partition coefficient (Wildman–Crippen LogP) is 2.40. The topological polar surface area (TPSA) is 63.4 Å². The van der Waals surface area contributed by atoms with E-state index in [9.17, 15) is 12.8 Å². The maximum Gasteiger partial charge on any atom is 0.246 e. The van der Waals surface area contributed by atoms with Crippen molar-refractivity contribution in [3.63, 3.8) is 0 Å². The Morgan fingerprint density at radius 3 is 2.74 bits per heavy atom. The molecule has 2 N–H and O–H groups in total. The molecule has 1 aromatic rings. The van der Waals surface area contributed by atoms with Crippen LogP contribution >= 0.6 is 11.6 Å². The van der Waals surface area contributed by atoms with E-state index in [-0.39, 0.29) is 17.3 Å². The van der Waals surface area contributed by atoms with E-state index in [0.29, 0.717) is 13.0 Å². The second-order valence-electron chi connectivity index (χ2n) is 4.48. The molecule has 0 bridgehead atoms. The summed E-state index contributed by atoms with van der Waals surface area (Å²) in [6.45, 7) is 2.42. The van der Waals surface area contributed by atoms with Crippen LogP contribution < -0.4 is 5.73 Å². The van der Waals surface area contributed by atoms with E-state index in [2.05, 4.69) is 0 Å². The highest BCUT2D eigenvalue weighted by Gasteiger charge is 2.29. The fraction of sp³-hybridized carbons (Fsp3) is 0.333. The fourth-order valence-electron chi connectivity index (χ4n) is 1.99. The molecule has 0 radical (unpaired) electrons. The largest absolute Gasteiger partial charge is 0.396 e. The number of rotatable bonds is 2. The maximum atomic E-state index is 13.9. The molecule has 0 spiro atoms. The fourth-order valence-corrected chi connectivity index (χ4v) is 3.90. The lowest BCUT2D eigenvalue weighted by Crippen LogP contribution is -2.36. The van der Waals surface area contributed by atoms with E-state index >= 15 is 0 Å². The Morgan fingerprint density at radius 1 is 1.42 bits per heavy atom. The zero-order valence-electron chi connectivity index (χ0n) is 10.4. The van der Waals surface area contributed by atoms with E-state index in [1.807, 2.05) is 13.0 Å². The zero-order chi connectivity index (χ0) is 14.2. The van der Waals surface area contributed by atoms with E-state index in [0.717, 1.165) is 11.6 Å². The zero-order valence-corrected chi connectivity index (χ0v) is 11.9. The monoisotopic (exact) mass is 304 g/mol. The van der Waals surface area contributed by atoms with Gasteiger partial charge in [-0.3, -0.25) is 0 Å². The lowest BCUT2D eigenvalue weighted by atomic mass is 10.2. The molecule has 104 valence electrons. The Balaban J connectivity index is 2.48. The maximum absolute atomic E-state index is 13.9. The Kier molecular flexibility index (Phi) is 3.85. The average molecular weight is 305 g/mol. The lowest BCUT2D eigenvalue weighted by Gasteiger charge is -2.25. The van der Waals surface area contributed by atoms with Gasteiger partial charge >= 0.3 is 0 Å². The summed E-state index contributed by atoms with van der Waals surface area (Å²) in [5.41, 5.74) is 6.09. The van der Waals surface area contributed by atoms with Gasteiger partial charge in [0.25, 0.3) is 0 Å². The van der Waals surface area contributed by atoms with Crippen molar-refractivity contribution >= 4 is 27.3 Å². The van der Waals surface area contributed by atoms with Crippen LogP contribution in [0, 0.1) is 5.82 Å². The minimum Gasteiger partial charge on any atom is -0.396 e. The van der Waals surface area contributed by atoms with Crippen LogP contribution in [0.4, 0.5) is 10.1 Å². The number of hydrogen-bond donors (Lipinski definition) is 1. The molecule has 1 aromatic carbocycles. The number of nitrogens with two attached hydrogens (primary N) is 1. The third-order valence-corrected chi connectivity index (χ3v) is 5.01. The molecular weight excluding hydrogens is 291 g/mol. The molecule has 0 atom stereocenters. The van der Waals surface area contributed by atoms with Crippen LogP contribution in [-0.4, -0.2) is 25.8 Å². The van der Waals surface area contributed by atoms with Crippen LogP contribution in [0.15, 0.2) is 28.7 Å². The van der Waals surface area contributed by atoms with Crippen molar-refractivity contribution in [3.05, 3.63) is 34.6 Å². The normalized spacial score (nSPS) is 17.3. The Labute approximate surface area is 116 Å². The van der Waals surface area contributed by atoms with Gasteiger partial charge in [0, 0.05) is 18.1 Å². The second kappa shape index (κ2) is 5.11. The van der Waals surface area contributed by atoms with Crippen molar-refractivity contribution in [2.24, 2.45) is 0 Å².